The van der Waals surface area contributed by atoms with Crippen molar-refractivity contribution >= 4 is 11.6 Å². The number of hydrogen-bond acceptors (Lipinski definition) is 4. The predicted molar refractivity (Wildman–Crippen MR) is 89.5 cm³/mol. The summed E-state index contributed by atoms with van der Waals surface area (Å²) < 4.78 is 11.0. The zero-order valence-electron chi connectivity index (χ0n) is 13.1. The van der Waals surface area contributed by atoms with Gasteiger partial charge < -0.3 is 20.1 Å². The Kier molecular flexibility index (Phi) is 4.78. The summed E-state index contributed by atoms with van der Waals surface area (Å²) in [4.78, 5) is 12.6. The van der Waals surface area contributed by atoms with Crippen LogP contribution in [-0.2, 0) is 6.42 Å². The molecule has 1 aliphatic rings. The van der Waals surface area contributed by atoms with Gasteiger partial charge in [-0.2, -0.15) is 0 Å². The Labute approximate surface area is 135 Å². The van der Waals surface area contributed by atoms with Gasteiger partial charge in [0, 0.05) is 17.3 Å². The summed E-state index contributed by atoms with van der Waals surface area (Å²) in [6.45, 7) is 1.91. The molecule has 0 radical (unpaired) electrons. The highest BCUT2D eigenvalue weighted by Gasteiger charge is 2.14. The highest BCUT2D eigenvalue weighted by atomic mass is 16.6. The Morgan fingerprint density at radius 2 is 1.87 bits per heavy atom. The van der Waals surface area contributed by atoms with Gasteiger partial charge in [0.2, 0.25) is 0 Å². The lowest BCUT2D eigenvalue weighted by Gasteiger charge is -2.19. The first-order valence-corrected chi connectivity index (χ1v) is 7.71. The third-order valence-corrected chi connectivity index (χ3v) is 3.71. The molecule has 120 valence electrons. The van der Waals surface area contributed by atoms with Crippen molar-refractivity contribution in [3.05, 3.63) is 53.6 Å². The lowest BCUT2D eigenvalue weighted by Crippen LogP contribution is -2.18. The monoisotopic (exact) mass is 312 g/mol. The first-order chi connectivity index (χ1) is 11.3. The van der Waals surface area contributed by atoms with Crippen LogP contribution in [0.1, 0.15) is 15.9 Å². The van der Waals surface area contributed by atoms with Crippen molar-refractivity contribution in [2.24, 2.45) is 0 Å². The van der Waals surface area contributed by atoms with Crippen molar-refractivity contribution in [2.45, 2.75) is 6.42 Å². The number of fused-ring (bicyclic) bond motifs is 1. The Balaban J connectivity index is 1.77. The average molecular weight is 312 g/mol. The molecule has 1 aliphatic heterocycles. The van der Waals surface area contributed by atoms with Gasteiger partial charge >= 0.3 is 0 Å². The van der Waals surface area contributed by atoms with Gasteiger partial charge in [-0.15, -0.1) is 0 Å². The summed E-state index contributed by atoms with van der Waals surface area (Å²) in [7, 11) is 1.90. The van der Waals surface area contributed by atoms with E-state index in [4.69, 9.17) is 9.47 Å². The summed E-state index contributed by atoms with van der Waals surface area (Å²) in [6, 6.07) is 13.1. The molecule has 2 aromatic carbocycles. The second kappa shape index (κ2) is 7.15. The molecular weight excluding hydrogens is 292 g/mol. The average Bonchev–Trinajstić information content (AvgIpc) is 2.60. The number of anilines is 1. The van der Waals surface area contributed by atoms with Crippen LogP contribution in [0.25, 0.3) is 0 Å². The summed E-state index contributed by atoms with van der Waals surface area (Å²) in [5.41, 5.74) is 2.41. The molecule has 2 N–H and O–H groups in total. The third-order valence-electron chi connectivity index (χ3n) is 3.71. The van der Waals surface area contributed by atoms with E-state index in [1.54, 1.807) is 6.07 Å². The molecule has 2 aromatic rings. The van der Waals surface area contributed by atoms with Gasteiger partial charge in [0.15, 0.2) is 11.5 Å². The molecule has 0 fully saturated rings. The van der Waals surface area contributed by atoms with Crippen molar-refractivity contribution in [3.8, 4) is 11.5 Å². The largest absolute Gasteiger partial charge is 0.486 e. The molecule has 0 aliphatic carbocycles. The van der Waals surface area contributed by atoms with E-state index in [0.29, 0.717) is 36.0 Å². The minimum Gasteiger partial charge on any atom is -0.486 e. The quantitative estimate of drug-likeness (QED) is 0.890. The Morgan fingerprint density at radius 3 is 2.70 bits per heavy atom. The highest BCUT2D eigenvalue weighted by Crippen LogP contribution is 2.32. The van der Waals surface area contributed by atoms with Gasteiger partial charge in [-0.25, -0.2) is 0 Å². The lowest BCUT2D eigenvalue weighted by atomic mass is 10.0. The maximum Gasteiger partial charge on any atom is 0.255 e. The zero-order valence-corrected chi connectivity index (χ0v) is 13.1. The number of carbonyl (C=O) groups excluding carboxylic acids is 1. The van der Waals surface area contributed by atoms with E-state index in [2.05, 4.69) is 10.6 Å². The SMILES string of the molecule is CNCCc1ccccc1C(=O)Nc1ccc2c(c1)OCCO2. The fourth-order valence-corrected chi connectivity index (χ4v) is 2.54. The first-order valence-electron chi connectivity index (χ1n) is 7.71. The minimum atomic E-state index is -0.117. The summed E-state index contributed by atoms with van der Waals surface area (Å²) in [6.07, 6.45) is 0.807. The molecule has 0 atom stereocenters. The Bertz CT molecular complexity index is 700. The van der Waals surface area contributed by atoms with E-state index in [0.717, 1.165) is 18.5 Å². The van der Waals surface area contributed by atoms with Gasteiger partial charge in [0.25, 0.3) is 5.91 Å². The van der Waals surface area contributed by atoms with E-state index < -0.39 is 0 Å². The molecule has 5 nitrogen and oxygen atoms in total. The number of amides is 1. The Morgan fingerprint density at radius 1 is 1.09 bits per heavy atom. The first kappa shape index (κ1) is 15.4. The van der Waals surface area contributed by atoms with Crippen molar-refractivity contribution in [1.82, 2.24) is 5.32 Å². The topological polar surface area (TPSA) is 59.6 Å². The number of hydrogen-bond donors (Lipinski definition) is 2. The highest BCUT2D eigenvalue weighted by molar-refractivity contribution is 6.05. The fourth-order valence-electron chi connectivity index (χ4n) is 2.54. The normalized spacial score (nSPS) is 12.7. The van der Waals surface area contributed by atoms with Crippen LogP contribution in [0.5, 0.6) is 11.5 Å². The zero-order chi connectivity index (χ0) is 16.1. The smallest absolute Gasteiger partial charge is 0.255 e. The van der Waals surface area contributed by atoms with Crippen LogP contribution in [0.15, 0.2) is 42.5 Å². The maximum absolute atomic E-state index is 12.6. The van der Waals surface area contributed by atoms with Gasteiger partial charge in [-0.05, 0) is 43.8 Å². The Hall–Kier alpha value is -2.53. The molecule has 0 bridgehead atoms. The molecule has 5 heteroatoms. The third kappa shape index (κ3) is 3.63. The molecule has 23 heavy (non-hydrogen) atoms. The molecule has 0 saturated heterocycles. The number of carbonyl (C=O) groups is 1. The summed E-state index contributed by atoms with van der Waals surface area (Å²) >= 11 is 0. The number of benzene rings is 2. The summed E-state index contributed by atoms with van der Waals surface area (Å²) in [5, 5.41) is 6.03. The predicted octanol–water partition coefficient (Wildman–Crippen LogP) is 2.47. The molecular formula is C18H20N2O3. The lowest BCUT2D eigenvalue weighted by molar-refractivity contribution is 0.102. The van der Waals surface area contributed by atoms with Gasteiger partial charge in [0.1, 0.15) is 13.2 Å². The molecule has 1 amide bonds. The molecule has 0 unspecified atom stereocenters. The summed E-state index contributed by atoms with van der Waals surface area (Å²) in [5.74, 6) is 1.26. The number of nitrogens with one attached hydrogen (secondary N) is 2. The van der Waals surface area contributed by atoms with Crippen molar-refractivity contribution < 1.29 is 14.3 Å². The number of ether oxygens (including phenoxy) is 2. The van der Waals surface area contributed by atoms with E-state index in [-0.39, 0.29) is 5.91 Å². The van der Waals surface area contributed by atoms with E-state index in [9.17, 15) is 4.79 Å². The molecule has 0 aromatic heterocycles. The van der Waals surface area contributed by atoms with Crippen LogP contribution in [0.4, 0.5) is 5.69 Å². The molecule has 3 rings (SSSR count). The maximum atomic E-state index is 12.6. The van der Waals surface area contributed by atoms with Gasteiger partial charge in [0.05, 0.1) is 0 Å². The van der Waals surface area contributed by atoms with Crippen molar-refractivity contribution in [1.29, 1.82) is 0 Å². The van der Waals surface area contributed by atoms with E-state index in [1.807, 2.05) is 43.4 Å². The molecule has 0 spiro atoms. The van der Waals surface area contributed by atoms with Crippen LogP contribution in [-0.4, -0.2) is 32.7 Å². The van der Waals surface area contributed by atoms with Crippen LogP contribution in [0, 0.1) is 0 Å². The second-order valence-corrected chi connectivity index (χ2v) is 5.32. The minimum absolute atomic E-state index is 0.117. The van der Waals surface area contributed by atoms with Gasteiger partial charge in [-0.3, -0.25) is 4.79 Å². The number of rotatable bonds is 5. The standard InChI is InChI=1S/C18H20N2O3/c1-19-9-8-13-4-2-3-5-15(13)18(21)20-14-6-7-16-17(12-14)23-11-10-22-16/h2-7,12,19H,8-11H2,1H3,(H,20,21). The number of likely N-dealkylation sites (N-methyl/N-ethyl adjacent to an activating group) is 1. The van der Waals surface area contributed by atoms with Crippen LogP contribution in [0.3, 0.4) is 0 Å². The van der Waals surface area contributed by atoms with Crippen LogP contribution in [0.2, 0.25) is 0 Å². The van der Waals surface area contributed by atoms with Gasteiger partial charge in [-0.1, -0.05) is 18.2 Å². The van der Waals surface area contributed by atoms with Crippen molar-refractivity contribution in [3.63, 3.8) is 0 Å². The van der Waals surface area contributed by atoms with Crippen LogP contribution >= 0.6 is 0 Å². The molecule has 0 saturated carbocycles. The van der Waals surface area contributed by atoms with Crippen molar-refractivity contribution in [2.75, 3.05) is 32.1 Å². The van der Waals surface area contributed by atoms with E-state index in [1.165, 1.54) is 0 Å². The van der Waals surface area contributed by atoms with Crippen LogP contribution < -0.4 is 20.1 Å². The molecule has 1 heterocycles. The van der Waals surface area contributed by atoms with E-state index >= 15 is 0 Å². The second-order valence-electron chi connectivity index (χ2n) is 5.32. The fraction of sp³-hybridized carbons (Fsp3) is 0.278.